The minimum absolute atomic E-state index is 0.0830. The third kappa shape index (κ3) is 4.94. The van der Waals surface area contributed by atoms with Crippen LogP contribution in [-0.4, -0.2) is 30.4 Å². The molecule has 3 rings (SSSR count). The van der Waals surface area contributed by atoms with Gasteiger partial charge in [-0.3, -0.25) is 9.48 Å². The van der Waals surface area contributed by atoms with Gasteiger partial charge in [-0.25, -0.2) is 8.42 Å². The van der Waals surface area contributed by atoms with Crippen molar-refractivity contribution in [2.24, 2.45) is 5.92 Å². The molecule has 152 valence electrons. The minimum atomic E-state index is -3.41. The maximum Gasteiger partial charge on any atom is 0.233 e. The van der Waals surface area contributed by atoms with Gasteiger partial charge in [-0.1, -0.05) is 43.4 Å². The summed E-state index contributed by atoms with van der Waals surface area (Å²) < 4.78 is 25.4. The van der Waals surface area contributed by atoms with E-state index in [0.717, 1.165) is 37.6 Å². The molecule has 1 aromatic carbocycles. The number of sulfone groups is 1. The summed E-state index contributed by atoms with van der Waals surface area (Å²) in [4.78, 5) is 13.2. The summed E-state index contributed by atoms with van der Waals surface area (Å²) in [6.45, 7) is 2.71. The number of nitrogens with one attached hydrogen (secondary N) is 1. The molecule has 1 heterocycles. The summed E-state index contributed by atoms with van der Waals surface area (Å²) in [7, 11) is -3.41. The lowest BCUT2D eigenvalue weighted by molar-refractivity contribution is -0.118. The first-order valence-electron chi connectivity index (χ1n) is 9.61. The van der Waals surface area contributed by atoms with Crippen molar-refractivity contribution in [2.45, 2.75) is 56.4 Å². The SMILES string of the molecule is CCn1ccc(NC(=O)[C@H](CC2CCCC2)c2ccc(S(C)(=O)=O)c(Cl)c2)n1. The number of nitrogens with zero attached hydrogens (tertiary/aromatic N) is 2. The van der Waals surface area contributed by atoms with Gasteiger partial charge in [-0.15, -0.1) is 0 Å². The average molecular weight is 424 g/mol. The maximum absolute atomic E-state index is 13.1. The zero-order valence-electron chi connectivity index (χ0n) is 16.2. The number of anilines is 1. The molecule has 1 fully saturated rings. The van der Waals surface area contributed by atoms with Gasteiger partial charge in [-0.2, -0.15) is 5.10 Å². The number of halogens is 1. The fourth-order valence-electron chi connectivity index (χ4n) is 3.83. The van der Waals surface area contributed by atoms with Gasteiger partial charge in [0.15, 0.2) is 15.7 Å². The fraction of sp³-hybridized carbons (Fsp3) is 0.500. The molecular weight excluding hydrogens is 398 g/mol. The molecule has 8 heteroatoms. The number of carbonyl (C=O) groups excluding carboxylic acids is 1. The van der Waals surface area contributed by atoms with Gasteiger partial charge in [0.2, 0.25) is 5.91 Å². The van der Waals surface area contributed by atoms with Crippen molar-refractivity contribution < 1.29 is 13.2 Å². The highest BCUT2D eigenvalue weighted by Crippen LogP contribution is 2.36. The second-order valence-corrected chi connectivity index (χ2v) is 9.84. The first kappa shape index (κ1) is 20.9. The van der Waals surface area contributed by atoms with Crippen LogP contribution in [0.15, 0.2) is 35.4 Å². The molecule has 1 amide bonds. The molecule has 1 aliphatic carbocycles. The zero-order valence-corrected chi connectivity index (χ0v) is 17.8. The van der Waals surface area contributed by atoms with E-state index < -0.39 is 15.8 Å². The fourth-order valence-corrected chi connectivity index (χ4v) is 5.16. The normalized spacial score (nSPS) is 16.2. The van der Waals surface area contributed by atoms with E-state index in [1.54, 1.807) is 22.9 Å². The smallest absolute Gasteiger partial charge is 0.233 e. The molecule has 2 aromatic rings. The van der Waals surface area contributed by atoms with Crippen LogP contribution in [0.5, 0.6) is 0 Å². The molecule has 6 nitrogen and oxygen atoms in total. The zero-order chi connectivity index (χ0) is 20.3. The van der Waals surface area contributed by atoms with Crippen LogP contribution in [0.3, 0.4) is 0 Å². The summed E-state index contributed by atoms with van der Waals surface area (Å²) >= 11 is 6.24. The van der Waals surface area contributed by atoms with Crippen molar-refractivity contribution in [1.29, 1.82) is 0 Å². The Bertz CT molecular complexity index is 949. The highest BCUT2D eigenvalue weighted by molar-refractivity contribution is 7.90. The predicted octanol–water partition coefficient (Wildman–Crippen LogP) is 4.26. The third-order valence-electron chi connectivity index (χ3n) is 5.33. The van der Waals surface area contributed by atoms with Gasteiger partial charge in [-0.05, 0) is 37.0 Å². The van der Waals surface area contributed by atoms with E-state index in [-0.39, 0.29) is 15.8 Å². The Hall–Kier alpha value is -1.86. The van der Waals surface area contributed by atoms with E-state index in [0.29, 0.717) is 11.7 Å². The van der Waals surface area contributed by atoms with Gasteiger partial charge in [0.05, 0.1) is 15.8 Å². The molecule has 1 saturated carbocycles. The van der Waals surface area contributed by atoms with E-state index in [9.17, 15) is 13.2 Å². The van der Waals surface area contributed by atoms with Crippen LogP contribution in [-0.2, 0) is 21.2 Å². The van der Waals surface area contributed by atoms with Crippen molar-refractivity contribution in [3.8, 4) is 0 Å². The lowest BCUT2D eigenvalue weighted by Crippen LogP contribution is -2.23. The Morgan fingerprint density at radius 3 is 2.61 bits per heavy atom. The van der Waals surface area contributed by atoms with Crippen LogP contribution in [0.1, 0.15) is 50.5 Å². The molecule has 0 aliphatic heterocycles. The van der Waals surface area contributed by atoms with Crippen LogP contribution in [0.4, 0.5) is 5.82 Å². The van der Waals surface area contributed by atoms with Crippen molar-refractivity contribution in [3.63, 3.8) is 0 Å². The Kier molecular flexibility index (Phi) is 6.45. The molecule has 0 radical (unpaired) electrons. The van der Waals surface area contributed by atoms with Gasteiger partial charge in [0, 0.05) is 25.1 Å². The Morgan fingerprint density at radius 1 is 1.32 bits per heavy atom. The van der Waals surface area contributed by atoms with Crippen molar-refractivity contribution in [3.05, 3.63) is 41.0 Å². The summed E-state index contributed by atoms with van der Waals surface area (Å²) in [6, 6.07) is 6.58. The standard InChI is InChI=1S/C20H26ClN3O3S/c1-3-24-11-10-19(23-24)22-20(25)16(12-14-6-4-5-7-14)15-8-9-18(17(21)13-15)28(2,26)27/h8-11,13-14,16H,3-7,12H2,1-2H3,(H,22,23,25)/t16-/m1/s1. The topological polar surface area (TPSA) is 81.1 Å². The van der Waals surface area contributed by atoms with Crippen LogP contribution >= 0.6 is 11.6 Å². The second kappa shape index (κ2) is 8.66. The number of benzene rings is 1. The molecule has 0 saturated heterocycles. The maximum atomic E-state index is 13.1. The lowest BCUT2D eigenvalue weighted by atomic mass is 9.87. The minimum Gasteiger partial charge on any atom is -0.309 e. The molecule has 0 spiro atoms. The molecule has 0 unspecified atom stereocenters. The quantitative estimate of drug-likeness (QED) is 0.721. The molecule has 1 N–H and O–H groups in total. The monoisotopic (exact) mass is 423 g/mol. The van der Waals surface area contributed by atoms with Gasteiger partial charge < -0.3 is 5.32 Å². The Morgan fingerprint density at radius 2 is 2.04 bits per heavy atom. The van der Waals surface area contributed by atoms with Crippen molar-refractivity contribution in [2.75, 3.05) is 11.6 Å². The number of amides is 1. The Balaban J connectivity index is 1.87. The van der Waals surface area contributed by atoms with E-state index in [2.05, 4.69) is 10.4 Å². The van der Waals surface area contributed by atoms with E-state index >= 15 is 0 Å². The van der Waals surface area contributed by atoms with Gasteiger partial charge >= 0.3 is 0 Å². The summed E-state index contributed by atoms with van der Waals surface area (Å²) in [6.07, 6.45) is 8.27. The third-order valence-corrected chi connectivity index (χ3v) is 6.91. The first-order chi connectivity index (χ1) is 13.3. The van der Waals surface area contributed by atoms with Crippen LogP contribution in [0, 0.1) is 5.92 Å². The number of aryl methyl sites for hydroxylation is 1. The summed E-state index contributed by atoms with van der Waals surface area (Å²) in [5.41, 5.74) is 0.733. The first-order valence-corrected chi connectivity index (χ1v) is 11.9. The summed E-state index contributed by atoms with van der Waals surface area (Å²) in [5.74, 6) is 0.455. The van der Waals surface area contributed by atoms with Crippen molar-refractivity contribution in [1.82, 2.24) is 9.78 Å². The molecule has 1 aromatic heterocycles. The van der Waals surface area contributed by atoms with Crippen molar-refractivity contribution >= 4 is 33.2 Å². The highest BCUT2D eigenvalue weighted by Gasteiger charge is 2.28. The molecule has 1 atom stereocenters. The number of hydrogen-bond donors (Lipinski definition) is 1. The van der Waals surface area contributed by atoms with Crippen LogP contribution in [0.2, 0.25) is 5.02 Å². The molecule has 28 heavy (non-hydrogen) atoms. The van der Waals surface area contributed by atoms with E-state index in [1.807, 2.05) is 13.1 Å². The average Bonchev–Trinajstić information content (AvgIpc) is 3.29. The number of rotatable bonds is 7. The van der Waals surface area contributed by atoms with E-state index in [4.69, 9.17) is 11.6 Å². The molecular formula is C20H26ClN3O3S. The number of carbonyl (C=O) groups is 1. The molecule has 0 bridgehead atoms. The Labute approximate surface area is 171 Å². The van der Waals surface area contributed by atoms with Gasteiger partial charge in [0.25, 0.3) is 0 Å². The summed E-state index contributed by atoms with van der Waals surface area (Å²) in [5, 5.41) is 7.37. The van der Waals surface area contributed by atoms with Gasteiger partial charge in [0.1, 0.15) is 0 Å². The van der Waals surface area contributed by atoms with Crippen LogP contribution in [0.25, 0.3) is 0 Å². The van der Waals surface area contributed by atoms with Crippen LogP contribution < -0.4 is 5.32 Å². The highest BCUT2D eigenvalue weighted by atomic mass is 35.5. The molecule has 1 aliphatic rings. The largest absolute Gasteiger partial charge is 0.309 e. The number of hydrogen-bond acceptors (Lipinski definition) is 4. The second-order valence-electron chi connectivity index (χ2n) is 7.45. The lowest BCUT2D eigenvalue weighted by Gasteiger charge is -2.21. The van der Waals surface area contributed by atoms with E-state index in [1.165, 1.54) is 18.9 Å². The predicted molar refractivity (Wildman–Crippen MR) is 110 cm³/mol. The number of aromatic nitrogens is 2.